The van der Waals surface area contributed by atoms with Gasteiger partial charge < -0.3 is 24.1 Å². The van der Waals surface area contributed by atoms with Gasteiger partial charge in [0, 0.05) is 31.7 Å². The van der Waals surface area contributed by atoms with Gasteiger partial charge >= 0.3 is 6.09 Å². The Hall–Kier alpha value is -3.46. The van der Waals surface area contributed by atoms with Gasteiger partial charge in [0.15, 0.2) is 0 Å². The largest absolute Gasteiger partial charge is 0.544 e. The number of benzene rings is 2. The van der Waals surface area contributed by atoms with Crippen molar-refractivity contribution in [2.24, 2.45) is 7.05 Å². The van der Waals surface area contributed by atoms with E-state index in [1.54, 1.807) is 15.8 Å². The molecular weight excluding hydrogens is 532 g/mol. The average Bonchev–Trinajstić information content (AvgIpc) is 3.22. The maximum absolute atomic E-state index is 12.9. The van der Waals surface area contributed by atoms with E-state index in [1.807, 2.05) is 58.2 Å². The lowest BCUT2D eigenvalue weighted by atomic mass is 9.88. The molecule has 2 aromatic carbocycles. The number of nitrogens with one attached hydrogen (secondary N) is 1. The number of hydrogen-bond acceptors (Lipinski definition) is 6. The van der Waals surface area contributed by atoms with Gasteiger partial charge in [0.05, 0.1) is 12.8 Å². The maximum Gasteiger partial charge on any atom is 0.410 e. The van der Waals surface area contributed by atoms with Crippen LogP contribution in [0.4, 0.5) is 16.2 Å². The minimum atomic E-state index is -1.90. The van der Waals surface area contributed by atoms with Gasteiger partial charge in [0.1, 0.15) is 17.0 Å². The second-order valence-electron chi connectivity index (χ2n) is 13.4. The van der Waals surface area contributed by atoms with Gasteiger partial charge in [-0.2, -0.15) is 5.10 Å². The fourth-order valence-corrected chi connectivity index (χ4v) is 5.65. The summed E-state index contributed by atoms with van der Waals surface area (Å²) in [5.74, 6) is 1.70. The summed E-state index contributed by atoms with van der Waals surface area (Å²) in [5, 5.41) is 7.99. The first-order valence-corrected chi connectivity index (χ1v) is 17.3. The highest BCUT2D eigenvalue weighted by Crippen LogP contribution is 2.38. The fourth-order valence-electron chi connectivity index (χ4n) is 4.61. The summed E-state index contributed by atoms with van der Waals surface area (Å²) in [5.41, 5.74) is 3.61. The Labute approximate surface area is 246 Å². The molecule has 1 aliphatic rings. The number of amides is 1. The normalized spacial score (nSPS) is 15.7. The number of carbonyl (C=O) groups excluding carboxylic acids is 1. The predicted molar refractivity (Wildman–Crippen MR) is 167 cm³/mol. The molecule has 9 heteroatoms. The third-order valence-electron chi connectivity index (χ3n) is 7.85. The number of carbonyl (C=O) groups is 1. The molecule has 41 heavy (non-hydrogen) atoms. The molecule has 1 aromatic heterocycles. The summed E-state index contributed by atoms with van der Waals surface area (Å²) < 4.78 is 20.1. The van der Waals surface area contributed by atoms with E-state index in [0.29, 0.717) is 25.6 Å². The zero-order valence-electron chi connectivity index (χ0n) is 26.1. The Morgan fingerprint density at radius 3 is 2.39 bits per heavy atom. The molecule has 0 saturated carbocycles. The van der Waals surface area contributed by atoms with Crippen LogP contribution < -0.4 is 14.5 Å². The molecule has 0 radical (unpaired) electrons. The van der Waals surface area contributed by atoms with E-state index in [4.69, 9.17) is 13.9 Å². The van der Waals surface area contributed by atoms with Crippen LogP contribution in [0.1, 0.15) is 65.0 Å². The van der Waals surface area contributed by atoms with E-state index in [-0.39, 0.29) is 17.0 Å². The number of aromatic nitrogens is 2. The molecule has 0 fully saturated rings. The third kappa shape index (κ3) is 7.64. The van der Waals surface area contributed by atoms with Crippen molar-refractivity contribution in [2.45, 2.75) is 84.2 Å². The molecule has 1 N–H and O–H groups in total. The molecular formula is C32H46N4O4Si. The number of anilines is 2. The highest BCUT2D eigenvalue weighted by Gasteiger charge is 2.39. The van der Waals surface area contributed by atoms with E-state index < -0.39 is 13.9 Å². The number of rotatable bonds is 8. The van der Waals surface area contributed by atoms with Crippen molar-refractivity contribution in [2.75, 3.05) is 18.5 Å². The summed E-state index contributed by atoms with van der Waals surface area (Å²) >= 11 is 0. The zero-order valence-corrected chi connectivity index (χ0v) is 27.1. The molecule has 0 spiro atoms. The number of fused-ring (bicyclic) bond motifs is 1. The zero-order chi connectivity index (χ0) is 30.0. The SMILES string of the molecule is Cn1ncc(Nc2ccc(O[Si](C)(C)C(C)(C)C)cc2)c1OCCC1CN(C(=O)OC(C)(C)C)Cc2ccccc21. The monoisotopic (exact) mass is 578 g/mol. The lowest BCUT2D eigenvalue weighted by Gasteiger charge is -2.36. The van der Waals surface area contributed by atoms with Gasteiger partial charge in [0.25, 0.3) is 0 Å². The number of aryl methyl sites for hydroxylation is 1. The van der Waals surface area contributed by atoms with Crippen LogP contribution in [-0.4, -0.2) is 47.8 Å². The predicted octanol–water partition coefficient (Wildman–Crippen LogP) is 7.85. The first-order chi connectivity index (χ1) is 19.1. The van der Waals surface area contributed by atoms with E-state index >= 15 is 0 Å². The molecule has 222 valence electrons. The van der Waals surface area contributed by atoms with Gasteiger partial charge in [-0.15, -0.1) is 0 Å². The molecule has 4 rings (SSSR count). The van der Waals surface area contributed by atoms with Crippen LogP contribution in [0.3, 0.4) is 0 Å². The third-order valence-corrected chi connectivity index (χ3v) is 12.2. The van der Waals surface area contributed by atoms with E-state index in [9.17, 15) is 4.79 Å². The van der Waals surface area contributed by atoms with Crippen LogP contribution in [-0.2, 0) is 18.3 Å². The maximum atomic E-state index is 12.9. The van der Waals surface area contributed by atoms with Crippen molar-refractivity contribution in [1.82, 2.24) is 14.7 Å². The molecule has 0 bridgehead atoms. The smallest absolute Gasteiger partial charge is 0.410 e. The van der Waals surface area contributed by atoms with Crippen LogP contribution >= 0.6 is 0 Å². The lowest BCUT2D eigenvalue weighted by Crippen LogP contribution is -2.43. The quantitative estimate of drug-likeness (QED) is 0.274. The van der Waals surface area contributed by atoms with Crippen LogP contribution in [0, 0.1) is 0 Å². The van der Waals surface area contributed by atoms with Crippen molar-refractivity contribution in [1.29, 1.82) is 0 Å². The Morgan fingerprint density at radius 1 is 1.05 bits per heavy atom. The van der Waals surface area contributed by atoms with Crippen LogP contribution in [0.25, 0.3) is 0 Å². The van der Waals surface area contributed by atoms with Crippen LogP contribution in [0.2, 0.25) is 18.1 Å². The molecule has 2 heterocycles. The summed E-state index contributed by atoms with van der Waals surface area (Å²) in [7, 11) is -0.0265. The molecule has 8 nitrogen and oxygen atoms in total. The average molecular weight is 579 g/mol. The van der Waals surface area contributed by atoms with E-state index in [2.05, 4.69) is 62.5 Å². The topological polar surface area (TPSA) is 77.9 Å². The van der Waals surface area contributed by atoms with Crippen LogP contribution in [0.5, 0.6) is 11.6 Å². The number of ether oxygens (including phenoxy) is 2. The molecule has 1 amide bonds. The summed E-state index contributed by atoms with van der Waals surface area (Å²) in [6.45, 7) is 18.5. The van der Waals surface area contributed by atoms with Crippen LogP contribution in [0.15, 0.2) is 54.7 Å². The summed E-state index contributed by atoms with van der Waals surface area (Å²) in [6, 6.07) is 16.4. The minimum Gasteiger partial charge on any atom is -0.544 e. The molecule has 1 aliphatic heterocycles. The van der Waals surface area contributed by atoms with Crippen molar-refractivity contribution < 1.29 is 18.7 Å². The van der Waals surface area contributed by atoms with Gasteiger partial charge in [-0.25, -0.2) is 9.48 Å². The lowest BCUT2D eigenvalue weighted by molar-refractivity contribution is 0.0199. The van der Waals surface area contributed by atoms with Crippen molar-refractivity contribution >= 4 is 25.8 Å². The molecule has 0 aliphatic carbocycles. The van der Waals surface area contributed by atoms with Gasteiger partial charge in [-0.1, -0.05) is 45.0 Å². The van der Waals surface area contributed by atoms with E-state index in [0.717, 1.165) is 29.1 Å². The van der Waals surface area contributed by atoms with Crippen molar-refractivity contribution in [3.05, 3.63) is 65.9 Å². The minimum absolute atomic E-state index is 0.138. The molecule has 3 aromatic rings. The Morgan fingerprint density at radius 2 is 1.73 bits per heavy atom. The Bertz CT molecular complexity index is 1340. The number of hydrogen-bond donors (Lipinski definition) is 1. The summed E-state index contributed by atoms with van der Waals surface area (Å²) in [6.07, 6.45) is 2.24. The highest BCUT2D eigenvalue weighted by atomic mass is 28.4. The Kier molecular flexibility index (Phi) is 8.78. The fraction of sp³-hybridized carbons (Fsp3) is 0.500. The standard InChI is InChI=1S/C32H46N4O4Si/c1-31(2,3)39-30(37)36-21-23-12-10-11-13-27(23)24(22-36)18-19-38-29-28(20-33-35(29)7)34-25-14-16-26(17-15-25)40-41(8,9)32(4,5)6/h10-17,20,24,34H,18-19,21-22H2,1-9H3. The molecule has 1 atom stereocenters. The molecule has 0 saturated heterocycles. The number of nitrogens with zero attached hydrogens (tertiary/aromatic N) is 3. The van der Waals surface area contributed by atoms with Crippen molar-refractivity contribution in [3.8, 4) is 11.6 Å². The first kappa shape index (κ1) is 30.5. The summed E-state index contributed by atoms with van der Waals surface area (Å²) in [4.78, 5) is 14.7. The molecule has 1 unspecified atom stereocenters. The second-order valence-corrected chi connectivity index (χ2v) is 18.1. The highest BCUT2D eigenvalue weighted by molar-refractivity contribution is 6.74. The Balaban J connectivity index is 1.40. The second kappa shape index (κ2) is 11.8. The first-order valence-electron chi connectivity index (χ1n) is 14.4. The van der Waals surface area contributed by atoms with Gasteiger partial charge in [-0.05, 0) is 80.7 Å². The van der Waals surface area contributed by atoms with Crippen molar-refractivity contribution in [3.63, 3.8) is 0 Å². The van der Waals surface area contributed by atoms with Gasteiger partial charge in [0.2, 0.25) is 14.2 Å². The van der Waals surface area contributed by atoms with E-state index in [1.165, 1.54) is 5.56 Å². The van der Waals surface area contributed by atoms with Gasteiger partial charge in [-0.3, -0.25) is 0 Å².